The van der Waals surface area contributed by atoms with Gasteiger partial charge in [0.2, 0.25) is 0 Å². The van der Waals surface area contributed by atoms with Gasteiger partial charge in [0.25, 0.3) is 0 Å². The number of hydrogen-bond donors (Lipinski definition) is 2. The van der Waals surface area contributed by atoms with Crippen LogP contribution in [0.25, 0.3) is 0 Å². The standard InChI is InChI=1S/C16H28N2O/c1-13(19)10-11-18(4)12-16(2,3)15(17)14-8-6-5-7-9-14/h5-9,13,15,19H,10-12,17H2,1-4H3. The van der Waals surface area contributed by atoms with Crippen molar-refractivity contribution in [3.8, 4) is 0 Å². The van der Waals surface area contributed by atoms with Crippen LogP contribution in [0.2, 0.25) is 0 Å². The normalized spacial score (nSPS) is 15.5. The van der Waals surface area contributed by atoms with Crippen LogP contribution in [0.15, 0.2) is 30.3 Å². The van der Waals surface area contributed by atoms with Crippen molar-refractivity contribution in [3.63, 3.8) is 0 Å². The van der Waals surface area contributed by atoms with Crippen molar-refractivity contribution in [3.05, 3.63) is 35.9 Å². The van der Waals surface area contributed by atoms with Crippen LogP contribution < -0.4 is 5.73 Å². The molecule has 2 atom stereocenters. The molecule has 0 aromatic heterocycles. The van der Waals surface area contributed by atoms with Crippen molar-refractivity contribution >= 4 is 0 Å². The number of rotatable bonds is 7. The first-order valence-corrected chi connectivity index (χ1v) is 7.00. The van der Waals surface area contributed by atoms with Crippen molar-refractivity contribution in [2.75, 3.05) is 20.1 Å². The average molecular weight is 264 g/mol. The van der Waals surface area contributed by atoms with E-state index >= 15 is 0 Å². The third kappa shape index (κ3) is 5.31. The summed E-state index contributed by atoms with van der Waals surface area (Å²) in [4.78, 5) is 2.25. The average Bonchev–Trinajstić information content (AvgIpc) is 2.36. The number of aliphatic hydroxyl groups excluding tert-OH is 1. The molecule has 0 spiro atoms. The molecule has 19 heavy (non-hydrogen) atoms. The van der Waals surface area contributed by atoms with Crippen molar-refractivity contribution in [1.82, 2.24) is 4.90 Å². The van der Waals surface area contributed by atoms with E-state index in [0.717, 1.165) is 19.5 Å². The third-order valence-electron chi connectivity index (χ3n) is 3.61. The second-order valence-corrected chi connectivity index (χ2v) is 6.25. The lowest BCUT2D eigenvalue weighted by molar-refractivity contribution is 0.136. The summed E-state index contributed by atoms with van der Waals surface area (Å²) in [5.74, 6) is 0. The molecule has 1 aromatic rings. The summed E-state index contributed by atoms with van der Waals surface area (Å²) in [5, 5.41) is 9.34. The summed E-state index contributed by atoms with van der Waals surface area (Å²) in [6.45, 7) is 8.03. The van der Waals surface area contributed by atoms with Crippen molar-refractivity contribution in [2.24, 2.45) is 11.1 Å². The van der Waals surface area contributed by atoms with Crippen LogP contribution in [-0.2, 0) is 0 Å². The Morgan fingerprint density at radius 1 is 1.26 bits per heavy atom. The maximum Gasteiger partial charge on any atom is 0.0524 e. The van der Waals surface area contributed by atoms with Gasteiger partial charge in [0.15, 0.2) is 0 Å². The van der Waals surface area contributed by atoms with Crippen LogP contribution in [-0.4, -0.2) is 36.2 Å². The summed E-state index contributed by atoms with van der Waals surface area (Å²) in [6.07, 6.45) is 0.557. The van der Waals surface area contributed by atoms with E-state index in [-0.39, 0.29) is 17.6 Å². The zero-order valence-corrected chi connectivity index (χ0v) is 12.6. The Morgan fingerprint density at radius 3 is 2.37 bits per heavy atom. The summed E-state index contributed by atoms with van der Waals surface area (Å²) in [5.41, 5.74) is 7.57. The highest BCUT2D eigenvalue weighted by Gasteiger charge is 2.28. The number of nitrogens with two attached hydrogens (primary N) is 1. The first-order chi connectivity index (χ1) is 8.83. The van der Waals surface area contributed by atoms with Gasteiger partial charge in [-0.25, -0.2) is 0 Å². The van der Waals surface area contributed by atoms with Crippen molar-refractivity contribution < 1.29 is 5.11 Å². The van der Waals surface area contributed by atoms with Crippen LogP contribution in [0, 0.1) is 5.41 Å². The van der Waals surface area contributed by atoms with E-state index < -0.39 is 0 Å². The lowest BCUT2D eigenvalue weighted by atomic mass is 9.80. The Balaban J connectivity index is 2.59. The SMILES string of the molecule is CC(O)CCN(C)CC(C)(C)C(N)c1ccccc1. The van der Waals surface area contributed by atoms with Gasteiger partial charge < -0.3 is 15.7 Å². The third-order valence-corrected chi connectivity index (χ3v) is 3.61. The first-order valence-electron chi connectivity index (χ1n) is 7.00. The Bertz CT molecular complexity index is 362. The van der Waals surface area contributed by atoms with Crippen molar-refractivity contribution in [1.29, 1.82) is 0 Å². The van der Waals surface area contributed by atoms with Gasteiger partial charge >= 0.3 is 0 Å². The number of aliphatic hydroxyl groups is 1. The molecule has 0 radical (unpaired) electrons. The van der Waals surface area contributed by atoms with Gasteiger partial charge in [0, 0.05) is 19.1 Å². The number of hydrogen-bond acceptors (Lipinski definition) is 3. The molecule has 0 aliphatic carbocycles. The Hall–Kier alpha value is -0.900. The second-order valence-electron chi connectivity index (χ2n) is 6.25. The fraction of sp³-hybridized carbons (Fsp3) is 0.625. The molecule has 3 heteroatoms. The molecule has 108 valence electrons. The molecule has 1 aromatic carbocycles. The quantitative estimate of drug-likeness (QED) is 0.795. The van der Waals surface area contributed by atoms with Gasteiger partial charge in [-0.05, 0) is 31.4 Å². The lowest BCUT2D eigenvalue weighted by Crippen LogP contribution is -2.40. The van der Waals surface area contributed by atoms with Gasteiger partial charge in [-0.2, -0.15) is 0 Å². The van der Waals surface area contributed by atoms with Gasteiger partial charge in [-0.1, -0.05) is 44.2 Å². The molecule has 0 fully saturated rings. The molecular weight excluding hydrogens is 236 g/mol. The number of benzene rings is 1. The lowest BCUT2D eigenvalue weighted by Gasteiger charge is -2.36. The minimum absolute atomic E-state index is 0.00516. The van der Waals surface area contributed by atoms with Crippen LogP contribution in [0.5, 0.6) is 0 Å². The molecule has 0 saturated heterocycles. The smallest absolute Gasteiger partial charge is 0.0524 e. The first kappa shape index (κ1) is 16.2. The van der Waals surface area contributed by atoms with Gasteiger partial charge in [0.05, 0.1) is 6.10 Å². The number of nitrogens with zero attached hydrogens (tertiary/aromatic N) is 1. The van der Waals surface area contributed by atoms with Crippen LogP contribution >= 0.6 is 0 Å². The van der Waals surface area contributed by atoms with Gasteiger partial charge in [-0.3, -0.25) is 0 Å². The predicted octanol–water partition coefficient (Wildman–Crippen LogP) is 2.42. The summed E-state index contributed by atoms with van der Waals surface area (Å²) < 4.78 is 0. The summed E-state index contributed by atoms with van der Waals surface area (Å²) >= 11 is 0. The van der Waals surface area contributed by atoms with Crippen LogP contribution in [0.1, 0.15) is 38.8 Å². The molecular formula is C16H28N2O. The monoisotopic (exact) mass is 264 g/mol. The highest BCUT2D eigenvalue weighted by atomic mass is 16.3. The largest absolute Gasteiger partial charge is 0.393 e. The highest BCUT2D eigenvalue weighted by Crippen LogP contribution is 2.31. The molecule has 0 aliphatic heterocycles. The highest BCUT2D eigenvalue weighted by molar-refractivity contribution is 5.20. The van der Waals surface area contributed by atoms with E-state index in [9.17, 15) is 5.11 Å². The molecule has 1 rings (SSSR count). The Morgan fingerprint density at radius 2 is 1.84 bits per heavy atom. The van der Waals surface area contributed by atoms with E-state index in [1.165, 1.54) is 5.56 Å². The van der Waals surface area contributed by atoms with E-state index in [0.29, 0.717) is 0 Å². The zero-order valence-electron chi connectivity index (χ0n) is 12.6. The van der Waals surface area contributed by atoms with Gasteiger partial charge in [0.1, 0.15) is 0 Å². The Kier molecular flexibility index (Phi) is 5.98. The second kappa shape index (κ2) is 7.04. The van der Waals surface area contributed by atoms with Crippen LogP contribution in [0.3, 0.4) is 0 Å². The fourth-order valence-electron chi connectivity index (χ4n) is 2.39. The molecule has 0 amide bonds. The van der Waals surface area contributed by atoms with E-state index in [2.05, 4.69) is 37.9 Å². The summed E-state index contributed by atoms with van der Waals surface area (Å²) in [7, 11) is 2.09. The molecule has 0 bridgehead atoms. The molecule has 2 unspecified atom stereocenters. The van der Waals surface area contributed by atoms with Crippen LogP contribution in [0.4, 0.5) is 0 Å². The van der Waals surface area contributed by atoms with E-state index in [1.54, 1.807) is 0 Å². The summed E-state index contributed by atoms with van der Waals surface area (Å²) in [6, 6.07) is 10.3. The van der Waals surface area contributed by atoms with E-state index in [4.69, 9.17) is 5.73 Å². The fourth-order valence-corrected chi connectivity index (χ4v) is 2.39. The minimum atomic E-state index is -0.242. The topological polar surface area (TPSA) is 49.5 Å². The Labute approximate surface area is 117 Å². The zero-order chi connectivity index (χ0) is 14.5. The minimum Gasteiger partial charge on any atom is -0.393 e. The molecule has 3 nitrogen and oxygen atoms in total. The van der Waals surface area contributed by atoms with Gasteiger partial charge in [-0.15, -0.1) is 0 Å². The predicted molar refractivity (Wildman–Crippen MR) is 80.9 cm³/mol. The molecule has 0 saturated carbocycles. The molecule has 0 aliphatic rings. The van der Waals surface area contributed by atoms with E-state index in [1.807, 2.05) is 25.1 Å². The molecule has 0 heterocycles. The maximum atomic E-state index is 9.34. The maximum absolute atomic E-state index is 9.34. The molecule has 3 N–H and O–H groups in total. The van der Waals surface area contributed by atoms with Crippen molar-refractivity contribution in [2.45, 2.75) is 39.3 Å².